The predicted octanol–water partition coefficient (Wildman–Crippen LogP) is 2.05. The molecule has 94 valence electrons. The number of hydrogen-bond acceptors (Lipinski definition) is 3. The molecule has 0 bridgehead atoms. The average molecular weight is 252 g/mol. The lowest BCUT2D eigenvalue weighted by atomic mass is 10.2. The van der Waals surface area contributed by atoms with Gasteiger partial charge in [0.2, 0.25) is 0 Å². The molecule has 17 heavy (non-hydrogen) atoms. The van der Waals surface area contributed by atoms with Crippen molar-refractivity contribution in [1.29, 1.82) is 0 Å². The molecule has 0 spiro atoms. The van der Waals surface area contributed by atoms with Crippen LogP contribution in [-0.2, 0) is 13.0 Å². The summed E-state index contributed by atoms with van der Waals surface area (Å²) in [5.74, 6) is 0.558. The molecule has 1 fully saturated rings. The lowest BCUT2D eigenvalue weighted by molar-refractivity contribution is 0.625. The Morgan fingerprint density at radius 2 is 2.35 bits per heavy atom. The van der Waals surface area contributed by atoms with Gasteiger partial charge in [0, 0.05) is 11.4 Å². The van der Waals surface area contributed by atoms with Crippen molar-refractivity contribution in [2.45, 2.75) is 51.6 Å². The van der Waals surface area contributed by atoms with Crippen LogP contribution in [0.3, 0.4) is 0 Å². The summed E-state index contributed by atoms with van der Waals surface area (Å²) in [6.07, 6.45) is 6.03. The molecular formula is C12H20N4S. The maximum absolute atomic E-state index is 5.86. The highest BCUT2D eigenvalue weighted by molar-refractivity contribution is 7.09. The second-order valence-corrected chi connectivity index (χ2v) is 5.36. The number of thiazole rings is 1. The summed E-state index contributed by atoms with van der Waals surface area (Å²) >= 11 is 1.69. The number of hydrogen-bond donors (Lipinski definition) is 2. The molecule has 0 atom stereocenters. The van der Waals surface area contributed by atoms with E-state index in [1.165, 1.54) is 25.7 Å². The summed E-state index contributed by atoms with van der Waals surface area (Å²) in [5.41, 5.74) is 6.87. The number of nitrogens with two attached hydrogens (primary N) is 1. The normalized spacial score (nSPS) is 17.6. The quantitative estimate of drug-likeness (QED) is 0.637. The van der Waals surface area contributed by atoms with Gasteiger partial charge in [0.1, 0.15) is 0 Å². The Kier molecular flexibility index (Phi) is 4.36. The fraction of sp³-hybridized carbons (Fsp3) is 0.667. The molecule has 1 aromatic rings. The number of rotatable bonds is 4. The van der Waals surface area contributed by atoms with E-state index in [4.69, 9.17) is 5.73 Å². The maximum Gasteiger partial charge on any atom is 0.189 e. The smallest absolute Gasteiger partial charge is 0.189 e. The SMILES string of the molecule is CCc1nc(CN=C(N)NC2CCCC2)cs1. The van der Waals surface area contributed by atoms with Crippen molar-refractivity contribution in [1.82, 2.24) is 10.3 Å². The fourth-order valence-corrected chi connectivity index (χ4v) is 2.81. The van der Waals surface area contributed by atoms with Crippen LogP contribution in [-0.4, -0.2) is 17.0 Å². The van der Waals surface area contributed by atoms with E-state index in [-0.39, 0.29) is 0 Å². The molecule has 1 aliphatic carbocycles. The number of guanidine groups is 1. The van der Waals surface area contributed by atoms with E-state index in [1.807, 2.05) is 0 Å². The van der Waals surface area contributed by atoms with Crippen molar-refractivity contribution < 1.29 is 0 Å². The molecule has 0 unspecified atom stereocenters. The zero-order valence-electron chi connectivity index (χ0n) is 10.3. The van der Waals surface area contributed by atoms with Gasteiger partial charge in [-0.1, -0.05) is 19.8 Å². The van der Waals surface area contributed by atoms with Crippen LogP contribution in [0.25, 0.3) is 0 Å². The topological polar surface area (TPSA) is 63.3 Å². The second kappa shape index (κ2) is 6.00. The number of nitrogens with one attached hydrogen (secondary N) is 1. The molecule has 0 radical (unpaired) electrons. The first-order chi connectivity index (χ1) is 8.28. The van der Waals surface area contributed by atoms with E-state index in [1.54, 1.807) is 11.3 Å². The van der Waals surface area contributed by atoms with E-state index in [9.17, 15) is 0 Å². The Morgan fingerprint density at radius 3 is 3.00 bits per heavy atom. The third-order valence-electron chi connectivity index (χ3n) is 3.02. The van der Waals surface area contributed by atoms with Crippen LogP contribution in [0, 0.1) is 0 Å². The van der Waals surface area contributed by atoms with Gasteiger partial charge in [-0.3, -0.25) is 0 Å². The monoisotopic (exact) mass is 252 g/mol. The van der Waals surface area contributed by atoms with Crippen molar-refractivity contribution in [2.75, 3.05) is 0 Å². The van der Waals surface area contributed by atoms with Gasteiger partial charge in [-0.2, -0.15) is 0 Å². The maximum atomic E-state index is 5.86. The number of aliphatic imine (C=N–C) groups is 1. The largest absolute Gasteiger partial charge is 0.370 e. The second-order valence-electron chi connectivity index (χ2n) is 4.41. The minimum Gasteiger partial charge on any atom is -0.370 e. The molecule has 4 nitrogen and oxygen atoms in total. The number of aromatic nitrogens is 1. The Morgan fingerprint density at radius 1 is 1.59 bits per heavy atom. The third-order valence-corrected chi connectivity index (χ3v) is 4.06. The van der Waals surface area contributed by atoms with Crippen molar-refractivity contribution in [3.05, 3.63) is 16.1 Å². The first-order valence-corrected chi connectivity index (χ1v) is 7.15. The Labute approximate surface area is 106 Å². The molecule has 0 amide bonds. The van der Waals surface area contributed by atoms with E-state index < -0.39 is 0 Å². The van der Waals surface area contributed by atoms with E-state index in [0.29, 0.717) is 18.5 Å². The molecule has 1 saturated carbocycles. The van der Waals surface area contributed by atoms with Crippen LogP contribution in [0.15, 0.2) is 10.4 Å². The molecule has 1 aromatic heterocycles. The zero-order valence-corrected chi connectivity index (χ0v) is 11.1. The summed E-state index contributed by atoms with van der Waals surface area (Å²) < 4.78 is 0. The molecular weight excluding hydrogens is 232 g/mol. The van der Waals surface area contributed by atoms with Crippen LogP contribution in [0.1, 0.15) is 43.3 Å². The van der Waals surface area contributed by atoms with Crippen LogP contribution in [0.4, 0.5) is 0 Å². The lowest BCUT2D eigenvalue weighted by Gasteiger charge is -2.11. The predicted molar refractivity (Wildman–Crippen MR) is 72.2 cm³/mol. The summed E-state index contributed by atoms with van der Waals surface area (Å²) in [4.78, 5) is 8.79. The number of aryl methyl sites for hydroxylation is 1. The van der Waals surface area contributed by atoms with Crippen molar-refractivity contribution in [2.24, 2.45) is 10.7 Å². The highest BCUT2D eigenvalue weighted by Gasteiger charge is 2.14. The molecule has 0 saturated heterocycles. The van der Waals surface area contributed by atoms with Gasteiger partial charge < -0.3 is 11.1 Å². The fourth-order valence-electron chi connectivity index (χ4n) is 2.08. The first kappa shape index (κ1) is 12.4. The Balaban J connectivity index is 1.82. The van der Waals surface area contributed by atoms with E-state index in [2.05, 4.69) is 27.6 Å². The van der Waals surface area contributed by atoms with Gasteiger partial charge in [0.05, 0.1) is 17.2 Å². The lowest BCUT2D eigenvalue weighted by Crippen LogP contribution is -2.38. The van der Waals surface area contributed by atoms with Crippen molar-refractivity contribution >= 4 is 17.3 Å². The number of nitrogens with zero attached hydrogens (tertiary/aromatic N) is 2. The van der Waals surface area contributed by atoms with Crippen LogP contribution < -0.4 is 11.1 Å². The van der Waals surface area contributed by atoms with Crippen molar-refractivity contribution in [3.63, 3.8) is 0 Å². The molecule has 1 aliphatic rings. The van der Waals surface area contributed by atoms with E-state index >= 15 is 0 Å². The molecule has 0 aliphatic heterocycles. The van der Waals surface area contributed by atoms with Crippen LogP contribution in [0.5, 0.6) is 0 Å². The van der Waals surface area contributed by atoms with E-state index in [0.717, 1.165) is 17.1 Å². The van der Waals surface area contributed by atoms with Gasteiger partial charge in [0.15, 0.2) is 5.96 Å². The minimum atomic E-state index is 0.528. The van der Waals surface area contributed by atoms with Gasteiger partial charge in [-0.15, -0.1) is 11.3 Å². The molecule has 5 heteroatoms. The first-order valence-electron chi connectivity index (χ1n) is 6.27. The highest BCUT2D eigenvalue weighted by Crippen LogP contribution is 2.17. The summed E-state index contributed by atoms with van der Waals surface area (Å²) in [6, 6.07) is 0.528. The van der Waals surface area contributed by atoms with Crippen LogP contribution in [0.2, 0.25) is 0 Å². The third kappa shape index (κ3) is 3.70. The zero-order chi connectivity index (χ0) is 12.1. The summed E-state index contributed by atoms with van der Waals surface area (Å²) in [6.45, 7) is 2.70. The molecule has 3 N–H and O–H groups in total. The van der Waals surface area contributed by atoms with Crippen LogP contribution >= 0.6 is 11.3 Å². The van der Waals surface area contributed by atoms with Gasteiger partial charge in [-0.25, -0.2) is 9.98 Å². The van der Waals surface area contributed by atoms with Gasteiger partial charge in [-0.05, 0) is 19.3 Å². The Bertz CT molecular complexity index is 380. The van der Waals surface area contributed by atoms with Crippen molar-refractivity contribution in [3.8, 4) is 0 Å². The summed E-state index contributed by atoms with van der Waals surface area (Å²) in [5, 5.41) is 6.50. The Hall–Kier alpha value is -1.10. The van der Waals surface area contributed by atoms with Gasteiger partial charge in [0.25, 0.3) is 0 Å². The average Bonchev–Trinajstić information content (AvgIpc) is 2.96. The minimum absolute atomic E-state index is 0.528. The van der Waals surface area contributed by atoms with Gasteiger partial charge >= 0.3 is 0 Å². The molecule has 2 rings (SSSR count). The highest BCUT2D eigenvalue weighted by atomic mass is 32.1. The molecule has 0 aromatic carbocycles. The molecule has 1 heterocycles. The summed E-state index contributed by atoms with van der Waals surface area (Å²) in [7, 11) is 0. The standard InChI is InChI=1S/C12H20N4S/c1-2-11-15-10(8-17-11)7-14-12(13)16-9-5-3-4-6-9/h8-9H,2-7H2,1H3,(H3,13,14,16).